The summed E-state index contributed by atoms with van der Waals surface area (Å²) < 4.78 is 0.790. The van der Waals surface area contributed by atoms with Crippen LogP contribution in [-0.4, -0.2) is 9.97 Å². The first-order valence-corrected chi connectivity index (χ1v) is 8.00. The third-order valence-corrected chi connectivity index (χ3v) is 4.73. The van der Waals surface area contributed by atoms with E-state index in [2.05, 4.69) is 31.2 Å². The van der Waals surface area contributed by atoms with Crippen molar-refractivity contribution in [2.75, 3.05) is 5.32 Å². The SMILES string of the molecule is Cc1c(Cl)nc(C(C)(C)C)nc1Nc1cccc(Cl)c1Br. The standard InChI is InChI=1S/C15H16BrCl2N3/c1-8-12(18)20-14(15(2,3)4)21-13(8)19-10-7-5-6-9(17)11(10)16/h5-7H,1-4H3,(H,19,20,21). The molecule has 2 rings (SSSR count). The van der Waals surface area contributed by atoms with Crippen LogP contribution in [0.5, 0.6) is 0 Å². The van der Waals surface area contributed by atoms with Crippen molar-refractivity contribution in [1.82, 2.24) is 9.97 Å². The molecule has 1 heterocycles. The molecule has 0 spiro atoms. The van der Waals surface area contributed by atoms with E-state index in [4.69, 9.17) is 23.2 Å². The van der Waals surface area contributed by atoms with Gasteiger partial charge >= 0.3 is 0 Å². The summed E-state index contributed by atoms with van der Waals surface area (Å²) in [5.41, 5.74) is 1.45. The minimum atomic E-state index is -0.181. The lowest BCUT2D eigenvalue weighted by molar-refractivity contribution is 0.545. The number of nitrogens with one attached hydrogen (secondary N) is 1. The van der Waals surface area contributed by atoms with Crippen molar-refractivity contribution < 1.29 is 0 Å². The number of halogens is 3. The van der Waals surface area contributed by atoms with Gasteiger partial charge in [-0.15, -0.1) is 0 Å². The lowest BCUT2D eigenvalue weighted by atomic mass is 9.95. The van der Waals surface area contributed by atoms with Gasteiger partial charge in [0.2, 0.25) is 0 Å². The van der Waals surface area contributed by atoms with Crippen molar-refractivity contribution in [2.45, 2.75) is 33.1 Å². The Morgan fingerprint density at radius 3 is 2.43 bits per heavy atom. The van der Waals surface area contributed by atoms with E-state index in [0.717, 1.165) is 15.7 Å². The molecule has 2 aromatic rings. The summed E-state index contributed by atoms with van der Waals surface area (Å²) in [4.78, 5) is 8.96. The molecule has 0 aliphatic carbocycles. The fourth-order valence-electron chi connectivity index (χ4n) is 1.67. The molecular formula is C15H16BrCl2N3. The first-order chi connectivity index (χ1) is 9.70. The van der Waals surface area contributed by atoms with Gasteiger partial charge < -0.3 is 5.32 Å². The molecule has 0 aliphatic heterocycles. The number of benzene rings is 1. The van der Waals surface area contributed by atoms with E-state index >= 15 is 0 Å². The van der Waals surface area contributed by atoms with Crippen LogP contribution in [0.3, 0.4) is 0 Å². The Morgan fingerprint density at radius 1 is 1.14 bits per heavy atom. The summed E-state index contributed by atoms with van der Waals surface area (Å²) in [6.07, 6.45) is 0. The molecule has 3 nitrogen and oxygen atoms in total. The maximum atomic E-state index is 6.23. The Morgan fingerprint density at radius 2 is 1.81 bits per heavy atom. The molecule has 1 aromatic heterocycles. The van der Waals surface area contributed by atoms with Gasteiger partial charge in [0, 0.05) is 11.0 Å². The van der Waals surface area contributed by atoms with Gasteiger partial charge in [-0.1, -0.05) is 50.0 Å². The van der Waals surface area contributed by atoms with Crippen LogP contribution in [0.2, 0.25) is 10.2 Å². The van der Waals surface area contributed by atoms with Gasteiger partial charge in [0.25, 0.3) is 0 Å². The van der Waals surface area contributed by atoms with Crippen LogP contribution in [0.25, 0.3) is 0 Å². The molecule has 21 heavy (non-hydrogen) atoms. The molecule has 0 bridgehead atoms. The van der Waals surface area contributed by atoms with Gasteiger partial charge in [0.05, 0.1) is 15.2 Å². The summed E-state index contributed by atoms with van der Waals surface area (Å²) in [6.45, 7) is 8.03. The predicted octanol–water partition coefficient (Wildman–Crippen LogP) is 5.90. The predicted molar refractivity (Wildman–Crippen MR) is 92.9 cm³/mol. The summed E-state index contributed by atoms with van der Waals surface area (Å²) >= 11 is 15.8. The largest absolute Gasteiger partial charge is 0.339 e. The second kappa shape index (κ2) is 6.11. The third-order valence-electron chi connectivity index (χ3n) is 2.96. The van der Waals surface area contributed by atoms with E-state index in [-0.39, 0.29) is 5.41 Å². The quantitative estimate of drug-likeness (QED) is 0.651. The lowest BCUT2D eigenvalue weighted by Crippen LogP contribution is -2.17. The number of aromatic nitrogens is 2. The molecule has 0 atom stereocenters. The van der Waals surface area contributed by atoms with Crippen LogP contribution in [0.1, 0.15) is 32.2 Å². The van der Waals surface area contributed by atoms with Gasteiger partial charge in [-0.3, -0.25) is 0 Å². The summed E-state index contributed by atoms with van der Waals surface area (Å²) in [7, 11) is 0. The number of anilines is 2. The molecule has 0 saturated carbocycles. The zero-order valence-electron chi connectivity index (χ0n) is 12.3. The number of hydrogen-bond donors (Lipinski definition) is 1. The highest BCUT2D eigenvalue weighted by Gasteiger charge is 2.21. The zero-order valence-corrected chi connectivity index (χ0v) is 15.4. The Kier molecular flexibility index (Phi) is 4.81. The second-order valence-corrected chi connectivity index (χ2v) is 7.35. The molecule has 0 aliphatic rings. The molecule has 0 amide bonds. The minimum absolute atomic E-state index is 0.181. The second-order valence-electron chi connectivity index (χ2n) is 5.79. The molecule has 0 radical (unpaired) electrons. The van der Waals surface area contributed by atoms with E-state index in [1.807, 2.05) is 45.9 Å². The highest BCUT2D eigenvalue weighted by Crippen LogP contribution is 2.34. The topological polar surface area (TPSA) is 37.8 Å². The van der Waals surface area contributed by atoms with Crippen molar-refractivity contribution in [3.05, 3.63) is 44.2 Å². The van der Waals surface area contributed by atoms with Crippen molar-refractivity contribution in [3.63, 3.8) is 0 Å². The summed E-state index contributed by atoms with van der Waals surface area (Å²) in [5.74, 6) is 1.38. The first kappa shape index (κ1) is 16.5. The fraction of sp³-hybridized carbons (Fsp3) is 0.333. The Hall–Kier alpha value is -0.840. The van der Waals surface area contributed by atoms with Crippen LogP contribution < -0.4 is 5.32 Å². The normalized spacial score (nSPS) is 11.6. The van der Waals surface area contributed by atoms with E-state index in [1.165, 1.54) is 0 Å². The fourth-order valence-corrected chi connectivity index (χ4v) is 2.38. The average Bonchev–Trinajstić information content (AvgIpc) is 2.38. The van der Waals surface area contributed by atoms with Crippen molar-refractivity contribution in [2.24, 2.45) is 0 Å². The maximum Gasteiger partial charge on any atom is 0.138 e. The molecule has 1 aromatic carbocycles. The van der Waals surface area contributed by atoms with E-state index in [0.29, 0.717) is 21.8 Å². The molecule has 6 heteroatoms. The molecule has 0 saturated heterocycles. The first-order valence-electron chi connectivity index (χ1n) is 6.46. The molecular weight excluding hydrogens is 373 g/mol. The minimum Gasteiger partial charge on any atom is -0.339 e. The van der Waals surface area contributed by atoms with Gasteiger partial charge in [-0.2, -0.15) is 0 Å². The zero-order chi connectivity index (χ0) is 15.8. The van der Waals surface area contributed by atoms with Crippen LogP contribution in [0.15, 0.2) is 22.7 Å². The molecule has 112 valence electrons. The van der Waals surface area contributed by atoms with Crippen LogP contribution in [0.4, 0.5) is 11.5 Å². The van der Waals surface area contributed by atoms with Gasteiger partial charge in [0.1, 0.15) is 16.8 Å². The maximum absolute atomic E-state index is 6.23. The van der Waals surface area contributed by atoms with Gasteiger partial charge in [-0.05, 0) is 35.0 Å². The molecule has 1 N–H and O–H groups in total. The number of hydrogen-bond acceptors (Lipinski definition) is 3. The van der Waals surface area contributed by atoms with E-state index in [1.54, 1.807) is 0 Å². The average molecular weight is 389 g/mol. The Balaban J connectivity index is 2.49. The lowest BCUT2D eigenvalue weighted by Gasteiger charge is -2.20. The van der Waals surface area contributed by atoms with E-state index < -0.39 is 0 Å². The molecule has 0 fully saturated rings. The number of rotatable bonds is 2. The van der Waals surface area contributed by atoms with Gasteiger partial charge in [0.15, 0.2) is 0 Å². The summed E-state index contributed by atoms with van der Waals surface area (Å²) in [5, 5.41) is 4.36. The number of nitrogens with zero attached hydrogens (tertiary/aromatic N) is 2. The Labute approximate surface area is 143 Å². The van der Waals surface area contributed by atoms with Crippen molar-refractivity contribution >= 4 is 50.6 Å². The highest BCUT2D eigenvalue weighted by atomic mass is 79.9. The summed E-state index contributed by atoms with van der Waals surface area (Å²) in [6, 6.07) is 5.61. The molecule has 0 unspecified atom stereocenters. The van der Waals surface area contributed by atoms with Crippen molar-refractivity contribution in [1.29, 1.82) is 0 Å². The Bertz CT molecular complexity index is 681. The van der Waals surface area contributed by atoms with Crippen LogP contribution in [-0.2, 0) is 5.41 Å². The van der Waals surface area contributed by atoms with E-state index in [9.17, 15) is 0 Å². The highest BCUT2D eigenvalue weighted by molar-refractivity contribution is 9.10. The third kappa shape index (κ3) is 3.68. The monoisotopic (exact) mass is 387 g/mol. The van der Waals surface area contributed by atoms with Gasteiger partial charge in [-0.25, -0.2) is 9.97 Å². The van der Waals surface area contributed by atoms with Crippen LogP contribution >= 0.6 is 39.1 Å². The van der Waals surface area contributed by atoms with Crippen molar-refractivity contribution in [3.8, 4) is 0 Å². The van der Waals surface area contributed by atoms with Crippen LogP contribution in [0, 0.1) is 6.92 Å². The smallest absolute Gasteiger partial charge is 0.138 e.